The van der Waals surface area contributed by atoms with Crippen LogP contribution in [0.1, 0.15) is 50.6 Å². The van der Waals surface area contributed by atoms with Gasteiger partial charge in [0.1, 0.15) is 0 Å². The molecule has 0 saturated heterocycles. The van der Waals surface area contributed by atoms with Gasteiger partial charge < -0.3 is 5.11 Å². The van der Waals surface area contributed by atoms with E-state index in [2.05, 4.69) is 42.2 Å². The summed E-state index contributed by atoms with van der Waals surface area (Å²) in [4.78, 5) is 2.49. The van der Waals surface area contributed by atoms with Crippen molar-refractivity contribution in [2.45, 2.75) is 51.1 Å². The van der Waals surface area contributed by atoms with Crippen molar-refractivity contribution in [2.24, 2.45) is 0 Å². The molecule has 0 radical (unpaired) electrons. The van der Waals surface area contributed by atoms with Gasteiger partial charge in [0.15, 0.2) is 0 Å². The summed E-state index contributed by atoms with van der Waals surface area (Å²) in [6, 6.07) is 11.7. The normalized spacial score (nSPS) is 19.1. The molecule has 1 unspecified atom stereocenters. The van der Waals surface area contributed by atoms with Crippen molar-refractivity contribution < 1.29 is 5.11 Å². The van der Waals surface area contributed by atoms with E-state index in [4.69, 9.17) is 0 Å². The molecule has 2 rings (SSSR count). The number of rotatable bonds is 5. The van der Waals surface area contributed by atoms with Crippen LogP contribution in [0.25, 0.3) is 0 Å². The molecule has 1 aromatic rings. The molecule has 1 aliphatic carbocycles. The summed E-state index contributed by atoms with van der Waals surface area (Å²) in [5.41, 5.74) is 1.36. The molecule has 18 heavy (non-hydrogen) atoms. The largest absolute Gasteiger partial charge is 0.395 e. The van der Waals surface area contributed by atoms with E-state index in [1.807, 2.05) is 0 Å². The van der Waals surface area contributed by atoms with Crippen LogP contribution in [0.5, 0.6) is 0 Å². The van der Waals surface area contributed by atoms with Gasteiger partial charge in [-0.1, -0.05) is 49.6 Å². The fraction of sp³-hybridized carbons (Fsp3) is 0.625. The Bertz CT molecular complexity index is 332. The van der Waals surface area contributed by atoms with E-state index >= 15 is 0 Å². The van der Waals surface area contributed by atoms with Gasteiger partial charge in [-0.2, -0.15) is 0 Å². The van der Waals surface area contributed by atoms with Crippen LogP contribution in [0, 0.1) is 0 Å². The Kier molecular flexibility index (Phi) is 5.21. The highest BCUT2D eigenvalue weighted by Gasteiger charge is 2.25. The first-order valence-electron chi connectivity index (χ1n) is 7.24. The van der Waals surface area contributed by atoms with E-state index in [0.717, 1.165) is 6.54 Å². The number of aliphatic hydroxyl groups is 1. The Hall–Kier alpha value is -0.860. The van der Waals surface area contributed by atoms with E-state index in [-0.39, 0.29) is 6.61 Å². The van der Waals surface area contributed by atoms with Crippen molar-refractivity contribution in [3.8, 4) is 0 Å². The van der Waals surface area contributed by atoms with Gasteiger partial charge in [0.2, 0.25) is 0 Å². The zero-order valence-electron chi connectivity index (χ0n) is 11.4. The number of benzene rings is 1. The summed E-state index contributed by atoms with van der Waals surface area (Å²) in [7, 11) is 0. The van der Waals surface area contributed by atoms with Crippen LogP contribution in [0.2, 0.25) is 0 Å². The molecule has 2 nitrogen and oxygen atoms in total. The second kappa shape index (κ2) is 6.91. The van der Waals surface area contributed by atoms with Crippen molar-refractivity contribution in [3.05, 3.63) is 35.9 Å². The SMILES string of the molecule is CC(c1ccccc1)N(CCO)C1CCCCC1. The predicted molar refractivity (Wildman–Crippen MR) is 75.5 cm³/mol. The maximum Gasteiger partial charge on any atom is 0.0558 e. The Morgan fingerprint density at radius 1 is 1.17 bits per heavy atom. The van der Waals surface area contributed by atoms with Gasteiger partial charge in [-0.15, -0.1) is 0 Å². The van der Waals surface area contributed by atoms with Crippen LogP contribution in [-0.2, 0) is 0 Å². The first-order valence-corrected chi connectivity index (χ1v) is 7.24. The fourth-order valence-electron chi connectivity index (χ4n) is 3.14. The second-order valence-electron chi connectivity index (χ2n) is 5.34. The van der Waals surface area contributed by atoms with Gasteiger partial charge in [0, 0.05) is 18.6 Å². The molecule has 0 aliphatic heterocycles. The molecule has 0 heterocycles. The van der Waals surface area contributed by atoms with Crippen molar-refractivity contribution in [1.29, 1.82) is 0 Å². The molecule has 1 N–H and O–H groups in total. The van der Waals surface area contributed by atoms with E-state index in [1.54, 1.807) is 0 Å². The molecule has 2 heteroatoms. The highest BCUT2D eigenvalue weighted by molar-refractivity contribution is 5.18. The van der Waals surface area contributed by atoms with Gasteiger partial charge in [-0.05, 0) is 25.3 Å². The van der Waals surface area contributed by atoms with Crippen molar-refractivity contribution in [1.82, 2.24) is 4.90 Å². The smallest absolute Gasteiger partial charge is 0.0558 e. The molecule has 0 amide bonds. The summed E-state index contributed by atoms with van der Waals surface area (Å²) in [6.07, 6.45) is 6.64. The van der Waals surface area contributed by atoms with E-state index in [1.165, 1.54) is 37.7 Å². The number of hydrogen-bond acceptors (Lipinski definition) is 2. The van der Waals surface area contributed by atoms with E-state index in [9.17, 15) is 5.11 Å². The molecule has 0 spiro atoms. The zero-order valence-corrected chi connectivity index (χ0v) is 11.4. The molecule has 1 aliphatic rings. The minimum atomic E-state index is 0.258. The molecule has 100 valence electrons. The summed E-state index contributed by atoms with van der Waals surface area (Å²) in [6.45, 7) is 3.31. The topological polar surface area (TPSA) is 23.5 Å². The van der Waals surface area contributed by atoms with Gasteiger partial charge in [-0.3, -0.25) is 4.90 Å². The third-order valence-corrected chi connectivity index (χ3v) is 4.18. The van der Waals surface area contributed by atoms with Crippen LogP contribution in [-0.4, -0.2) is 29.2 Å². The zero-order chi connectivity index (χ0) is 12.8. The molecular formula is C16H25NO. The predicted octanol–water partition coefficient (Wildman–Crippen LogP) is 3.37. The summed E-state index contributed by atoms with van der Waals surface area (Å²) < 4.78 is 0. The summed E-state index contributed by atoms with van der Waals surface area (Å²) in [5.74, 6) is 0. The first kappa shape index (κ1) is 13.6. The highest BCUT2D eigenvalue weighted by Crippen LogP contribution is 2.29. The quantitative estimate of drug-likeness (QED) is 0.862. The standard InChI is InChI=1S/C16H25NO/c1-14(15-8-4-2-5-9-15)17(12-13-18)16-10-6-3-7-11-16/h2,4-5,8-9,14,16,18H,3,6-7,10-13H2,1H3. The molecule has 1 saturated carbocycles. The highest BCUT2D eigenvalue weighted by atomic mass is 16.3. The Balaban J connectivity index is 2.08. The molecule has 1 aromatic carbocycles. The van der Waals surface area contributed by atoms with Gasteiger partial charge in [0.05, 0.1) is 6.61 Å². The lowest BCUT2D eigenvalue weighted by Gasteiger charge is -2.38. The van der Waals surface area contributed by atoms with Crippen LogP contribution < -0.4 is 0 Å². The minimum absolute atomic E-state index is 0.258. The van der Waals surface area contributed by atoms with Crippen LogP contribution in [0.4, 0.5) is 0 Å². The average molecular weight is 247 g/mol. The number of hydrogen-bond donors (Lipinski definition) is 1. The lowest BCUT2D eigenvalue weighted by atomic mass is 9.92. The first-order chi connectivity index (χ1) is 8.83. The molecule has 1 atom stereocenters. The Morgan fingerprint density at radius 2 is 1.83 bits per heavy atom. The number of nitrogens with zero attached hydrogens (tertiary/aromatic N) is 1. The van der Waals surface area contributed by atoms with E-state index < -0.39 is 0 Å². The van der Waals surface area contributed by atoms with Crippen LogP contribution in [0.3, 0.4) is 0 Å². The minimum Gasteiger partial charge on any atom is -0.395 e. The Labute approximate surface area is 111 Å². The molecule has 0 bridgehead atoms. The monoisotopic (exact) mass is 247 g/mol. The third-order valence-electron chi connectivity index (χ3n) is 4.18. The summed E-state index contributed by atoms with van der Waals surface area (Å²) in [5, 5.41) is 9.32. The van der Waals surface area contributed by atoms with Gasteiger partial charge in [0.25, 0.3) is 0 Å². The van der Waals surface area contributed by atoms with Crippen molar-refractivity contribution in [2.75, 3.05) is 13.2 Å². The van der Waals surface area contributed by atoms with Crippen molar-refractivity contribution in [3.63, 3.8) is 0 Å². The van der Waals surface area contributed by atoms with Gasteiger partial charge >= 0.3 is 0 Å². The molecular weight excluding hydrogens is 222 g/mol. The molecule has 0 aromatic heterocycles. The lowest BCUT2D eigenvalue weighted by Crippen LogP contribution is -2.40. The third kappa shape index (κ3) is 3.33. The maximum atomic E-state index is 9.32. The van der Waals surface area contributed by atoms with E-state index in [0.29, 0.717) is 12.1 Å². The summed E-state index contributed by atoms with van der Waals surface area (Å²) >= 11 is 0. The molecule has 1 fully saturated rings. The maximum absolute atomic E-state index is 9.32. The van der Waals surface area contributed by atoms with Crippen LogP contribution >= 0.6 is 0 Å². The second-order valence-corrected chi connectivity index (χ2v) is 5.34. The van der Waals surface area contributed by atoms with Crippen molar-refractivity contribution >= 4 is 0 Å². The Morgan fingerprint density at radius 3 is 2.44 bits per heavy atom. The fourth-order valence-corrected chi connectivity index (χ4v) is 3.14. The average Bonchev–Trinajstić information content (AvgIpc) is 2.46. The lowest BCUT2D eigenvalue weighted by molar-refractivity contribution is 0.0873. The number of aliphatic hydroxyl groups excluding tert-OH is 1. The van der Waals surface area contributed by atoms with Gasteiger partial charge in [-0.25, -0.2) is 0 Å². The van der Waals surface area contributed by atoms with Crippen LogP contribution in [0.15, 0.2) is 30.3 Å².